The lowest BCUT2D eigenvalue weighted by Crippen LogP contribution is -2.26. The minimum atomic E-state index is -0.310. The average molecular weight is 537 g/mol. The van der Waals surface area contributed by atoms with Crippen LogP contribution in [-0.4, -0.2) is 65.7 Å². The van der Waals surface area contributed by atoms with Gasteiger partial charge in [-0.2, -0.15) is 5.26 Å². The Labute approximate surface area is 233 Å². The van der Waals surface area contributed by atoms with Crippen LogP contribution < -0.4 is 20.3 Å². The molecule has 0 radical (unpaired) electrons. The summed E-state index contributed by atoms with van der Waals surface area (Å²) in [6, 6.07) is 11.7. The van der Waals surface area contributed by atoms with Gasteiger partial charge in [0.1, 0.15) is 11.8 Å². The first kappa shape index (κ1) is 26.7. The number of rotatable bonds is 10. The number of likely N-dealkylation sites (N-methyl/N-ethyl adjacent to an activating group) is 1. The number of carbonyl (C=O) groups excluding carboxylic acids is 1. The third-order valence-corrected chi connectivity index (χ3v) is 7.06. The molecule has 2 aromatic heterocycles. The molecule has 1 fully saturated rings. The van der Waals surface area contributed by atoms with Crippen molar-refractivity contribution in [1.82, 2.24) is 19.4 Å². The summed E-state index contributed by atoms with van der Waals surface area (Å²) in [5, 5.41) is 17.0. The van der Waals surface area contributed by atoms with Gasteiger partial charge in [-0.3, -0.25) is 9.69 Å². The zero-order valence-corrected chi connectivity index (χ0v) is 23.2. The van der Waals surface area contributed by atoms with Crippen molar-refractivity contribution in [3.05, 3.63) is 66.5 Å². The van der Waals surface area contributed by atoms with Gasteiger partial charge in [-0.25, -0.2) is 9.97 Å². The van der Waals surface area contributed by atoms with Crippen molar-refractivity contribution < 1.29 is 9.53 Å². The van der Waals surface area contributed by atoms with Crippen LogP contribution in [-0.2, 0) is 11.8 Å². The molecule has 0 aliphatic carbocycles. The van der Waals surface area contributed by atoms with Crippen LogP contribution in [0.1, 0.15) is 11.1 Å². The summed E-state index contributed by atoms with van der Waals surface area (Å²) in [5.41, 5.74) is 6.08. The van der Waals surface area contributed by atoms with Gasteiger partial charge in [-0.1, -0.05) is 6.58 Å². The van der Waals surface area contributed by atoms with Crippen LogP contribution in [0.25, 0.3) is 22.2 Å². The summed E-state index contributed by atoms with van der Waals surface area (Å²) in [7, 11) is 5.53. The number of methoxy groups -OCH3 is 1. The fourth-order valence-corrected chi connectivity index (χ4v) is 4.81. The molecule has 1 aliphatic rings. The highest BCUT2D eigenvalue weighted by Gasteiger charge is 2.20. The monoisotopic (exact) mass is 536 g/mol. The summed E-state index contributed by atoms with van der Waals surface area (Å²) < 4.78 is 7.69. The van der Waals surface area contributed by atoms with Gasteiger partial charge in [0.2, 0.25) is 11.9 Å². The molecule has 3 heterocycles. The number of nitrogens with one attached hydrogen (secondary N) is 2. The highest BCUT2D eigenvalue weighted by Crippen LogP contribution is 2.38. The van der Waals surface area contributed by atoms with Crippen LogP contribution in [0.15, 0.2) is 55.4 Å². The molecular weight excluding hydrogens is 504 g/mol. The Morgan fingerprint density at radius 1 is 1.27 bits per heavy atom. The number of anilines is 4. The molecule has 10 heteroatoms. The molecule has 0 saturated carbocycles. The molecule has 1 saturated heterocycles. The number of nitrogens with zero attached hydrogens (tertiary/aromatic N) is 6. The van der Waals surface area contributed by atoms with Crippen molar-refractivity contribution in [2.75, 3.05) is 55.9 Å². The van der Waals surface area contributed by atoms with E-state index < -0.39 is 0 Å². The topological polar surface area (TPSA) is 111 Å². The predicted octanol–water partition coefficient (Wildman–Crippen LogP) is 4.44. The zero-order chi connectivity index (χ0) is 28.4. The Bertz CT molecular complexity index is 1650. The van der Waals surface area contributed by atoms with Gasteiger partial charge in [-0.15, -0.1) is 0 Å². The van der Waals surface area contributed by atoms with E-state index in [1.165, 1.54) is 6.08 Å². The van der Waals surface area contributed by atoms with Gasteiger partial charge >= 0.3 is 0 Å². The van der Waals surface area contributed by atoms with E-state index in [0.29, 0.717) is 34.3 Å². The number of aromatic nitrogens is 3. The molecule has 0 unspecified atom stereocenters. The summed E-state index contributed by atoms with van der Waals surface area (Å²) in [5.74, 6) is 0.616. The van der Waals surface area contributed by atoms with Gasteiger partial charge in [0.05, 0.1) is 40.9 Å². The van der Waals surface area contributed by atoms with Crippen molar-refractivity contribution in [2.45, 2.75) is 6.92 Å². The van der Waals surface area contributed by atoms with Crippen molar-refractivity contribution in [1.29, 1.82) is 5.26 Å². The third-order valence-electron chi connectivity index (χ3n) is 7.06. The van der Waals surface area contributed by atoms with Crippen LogP contribution in [0.2, 0.25) is 0 Å². The van der Waals surface area contributed by atoms with Crippen molar-refractivity contribution in [2.24, 2.45) is 7.05 Å². The van der Waals surface area contributed by atoms with Gasteiger partial charge in [-0.05, 0) is 42.8 Å². The zero-order valence-electron chi connectivity index (χ0n) is 23.2. The minimum Gasteiger partial charge on any atom is -0.494 e. The van der Waals surface area contributed by atoms with Crippen LogP contribution in [0.3, 0.4) is 0 Å². The number of ether oxygens (including phenoxy) is 1. The number of fused-ring (bicyclic) bond motifs is 1. The lowest BCUT2D eigenvalue weighted by Gasteiger charge is -2.25. The number of nitriles is 1. The van der Waals surface area contributed by atoms with Crippen LogP contribution in [0, 0.1) is 18.3 Å². The molecule has 1 aliphatic heterocycles. The van der Waals surface area contributed by atoms with Crippen molar-refractivity contribution in [3.8, 4) is 23.1 Å². The van der Waals surface area contributed by atoms with E-state index in [1.54, 1.807) is 13.3 Å². The van der Waals surface area contributed by atoms with E-state index in [4.69, 9.17) is 9.72 Å². The standard InChI is InChI=1S/C30H32N8O2/c1-6-28(39)33-24-15-25(27(40-5)16-26(24)36(3)9-10-38-11-12-38)35-30-32-8-7-23(34-30)20-13-21(17-31)29-22(14-20)19(2)18-37(29)4/h6-8,13-16,18H,1,9-12H2,2-5H3,(H,33,39)(H,32,34,35). The lowest BCUT2D eigenvalue weighted by molar-refractivity contribution is -0.111. The van der Waals surface area contributed by atoms with E-state index >= 15 is 0 Å². The molecule has 0 spiro atoms. The summed E-state index contributed by atoms with van der Waals surface area (Å²) >= 11 is 0. The number of aryl methyl sites for hydroxylation is 2. The van der Waals surface area contributed by atoms with Crippen LogP contribution >= 0.6 is 0 Å². The Morgan fingerprint density at radius 3 is 2.77 bits per heavy atom. The molecule has 1 amide bonds. The minimum absolute atomic E-state index is 0.310. The summed E-state index contributed by atoms with van der Waals surface area (Å²) in [6.45, 7) is 9.59. The highest BCUT2D eigenvalue weighted by atomic mass is 16.5. The highest BCUT2D eigenvalue weighted by molar-refractivity contribution is 6.02. The quantitative estimate of drug-likeness (QED) is 0.226. The number of hydrogen-bond donors (Lipinski definition) is 2. The smallest absolute Gasteiger partial charge is 0.247 e. The Morgan fingerprint density at radius 2 is 2.08 bits per heavy atom. The maximum atomic E-state index is 12.3. The lowest BCUT2D eigenvalue weighted by atomic mass is 10.0. The first-order chi connectivity index (χ1) is 19.3. The summed E-state index contributed by atoms with van der Waals surface area (Å²) in [4.78, 5) is 25.9. The van der Waals surface area contributed by atoms with Gasteiger partial charge < -0.3 is 24.8 Å². The maximum Gasteiger partial charge on any atom is 0.247 e. The second kappa shape index (κ2) is 11.1. The van der Waals surface area contributed by atoms with E-state index in [1.807, 2.05) is 62.1 Å². The van der Waals surface area contributed by atoms with Crippen molar-refractivity contribution in [3.63, 3.8) is 0 Å². The Balaban J connectivity index is 1.50. The molecule has 2 N–H and O–H groups in total. The molecule has 0 bridgehead atoms. The molecule has 5 rings (SSSR count). The van der Waals surface area contributed by atoms with Gasteiger partial charge in [0, 0.05) is 69.7 Å². The van der Waals surface area contributed by atoms with E-state index in [2.05, 4.69) is 38.1 Å². The van der Waals surface area contributed by atoms with Crippen LogP contribution in [0.4, 0.5) is 23.0 Å². The molecule has 204 valence electrons. The molecular formula is C30H32N8O2. The molecule has 0 atom stereocenters. The average Bonchev–Trinajstić information content (AvgIpc) is 3.75. The second-order valence-electron chi connectivity index (χ2n) is 9.87. The van der Waals surface area contributed by atoms with Crippen molar-refractivity contribution >= 4 is 39.8 Å². The third kappa shape index (κ3) is 5.46. The van der Waals surface area contributed by atoms with Gasteiger partial charge in [0.25, 0.3) is 0 Å². The summed E-state index contributed by atoms with van der Waals surface area (Å²) in [6.07, 6.45) is 4.92. The van der Waals surface area contributed by atoms with Crippen LogP contribution in [0.5, 0.6) is 5.75 Å². The number of amides is 1. The Hall–Kier alpha value is -4.88. The first-order valence-corrected chi connectivity index (χ1v) is 13.0. The molecule has 40 heavy (non-hydrogen) atoms. The van der Waals surface area contributed by atoms with E-state index in [-0.39, 0.29) is 5.91 Å². The molecule has 4 aromatic rings. The SMILES string of the molecule is C=CC(=O)Nc1cc(Nc2nccc(-c3cc(C#N)c4c(c3)c(C)cn4C)n2)c(OC)cc1N(C)CCN1CC1. The molecule has 2 aromatic carbocycles. The predicted molar refractivity (Wildman–Crippen MR) is 158 cm³/mol. The molecule has 10 nitrogen and oxygen atoms in total. The van der Waals surface area contributed by atoms with E-state index in [0.717, 1.165) is 53.9 Å². The fourth-order valence-electron chi connectivity index (χ4n) is 4.81. The Kier molecular flexibility index (Phi) is 7.40. The van der Waals surface area contributed by atoms with Gasteiger partial charge in [0.15, 0.2) is 0 Å². The normalized spacial score (nSPS) is 12.6. The first-order valence-electron chi connectivity index (χ1n) is 13.0. The largest absolute Gasteiger partial charge is 0.494 e. The fraction of sp³-hybridized carbons (Fsp3) is 0.267. The maximum absolute atomic E-state index is 12.3. The number of carbonyl (C=O) groups is 1. The second-order valence-corrected chi connectivity index (χ2v) is 9.87. The number of hydrogen-bond acceptors (Lipinski definition) is 8. The number of benzene rings is 2. The van der Waals surface area contributed by atoms with E-state index in [9.17, 15) is 10.1 Å².